The van der Waals surface area contributed by atoms with E-state index in [1.807, 2.05) is 17.7 Å². The Morgan fingerprint density at radius 1 is 1.65 bits per heavy atom. The number of carboxylic acids is 1. The van der Waals surface area contributed by atoms with Gasteiger partial charge in [-0.25, -0.2) is 9.78 Å². The number of carbonyl (C=O) groups is 1. The van der Waals surface area contributed by atoms with Gasteiger partial charge in [0.05, 0.1) is 6.33 Å². The molecule has 1 N–H and O–H groups in total. The largest absolute Gasteiger partial charge is 0.477 e. The lowest BCUT2D eigenvalue weighted by Crippen LogP contribution is -2.16. The highest BCUT2D eigenvalue weighted by atomic mass is 79.9. The summed E-state index contributed by atoms with van der Waals surface area (Å²) in [5.41, 5.74) is 0.282. The van der Waals surface area contributed by atoms with Crippen LogP contribution >= 0.6 is 15.9 Å². The summed E-state index contributed by atoms with van der Waals surface area (Å²) in [7, 11) is 0. The zero-order chi connectivity index (χ0) is 12.4. The van der Waals surface area contributed by atoms with E-state index in [4.69, 9.17) is 5.11 Å². The van der Waals surface area contributed by atoms with Crippen LogP contribution in [0.2, 0.25) is 0 Å². The van der Waals surface area contributed by atoms with Gasteiger partial charge >= 0.3 is 5.97 Å². The van der Waals surface area contributed by atoms with E-state index < -0.39 is 5.97 Å². The first kappa shape index (κ1) is 11.9. The second kappa shape index (κ2) is 4.75. The van der Waals surface area contributed by atoms with Crippen molar-refractivity contribution < 1.29 is 9.90 Å². The minimum absolute atomic E-state index is 0.0431. The third-order valence-corrected chi connectivity index (χ3v) is 2.98. The van der Waals surface area contributed by atoms with Crippen molar-refractivity contribution in [2.45, 2.75) is 19.5 Å². The van der Waals surface area contributed by atoms with Gasteiger partial charge in [0, 0.05) is 35.6 Å². The minimum Gasteiger partial charge on any atom is -0.477 e. The van der Waals surface area contributed by atoms with Crippen LogP contribution in [0.5, 0.6) is 0 Å². The summed E-state index contributed by atoms with van der Waals surface area (Å²) in [4.78, 5) is 15.0. The molecule has 0 aromatic carbocycles. The summed E-state index contributed by atoms with van der Waals surface area (Å²) in [6.07, 6.45) is 7.06. The first-order valence-electron chi connectivity index (χ1n) is 5.14. The van der Waals surface area contributed by atoms with E-state index in [1.54, 1.807) is 29.4 Å². The van der Waals surface area contributed by atoms with Gasteiger partial charge < -0.3 is 14.2 Å². The first-order chi connectivity index (χ1) is 8.08. The highest BCUT2D eigenvalue weighted by Gasteiger charge is 2.16. The third kappa shape index (κ3) is 2.58. The van der Waals surface area contributed by atoms with E-state index in [0.29, 0.717) is 6.54 Å². The standard InChI is InChI=1S/C11H12BrN3O2/c1-8(5-14-3-2-13-7-14)15-6-9(12)4-10(15)11(16)17/h2-4,6-8H,5H2,1H3,(H,16,17). The molecule has 0 spiro atoms. The molecular formula is C11H12BrN3O2. The monoisotopic (exact) mass is 297 g/mol. The second-order valence-electron chi connectivity index (χ2n) is 3.86. The average Bonchev–Trinajstić information content (AvgIpc) is 2.86. The molecule has 90 valence electrons. The van der Waals surface area contributed by atoms with Crippen LogP contribution in [0.15, 0.2) is 35.5 Å². The molecule has 0 radical (unpaired) electrons. The Hall–Kier alpha value is -1.56. The van der Waals surface area contributed by atoms with Crippen molar-refractivity contribution >= 4 is 21.9 Å². The van der Waals surface area contributed by atoms with Gasteiger partial charge in [-0.15, -0.1) is 0 Å². The van der Waals surface area contributed by atoms with Crippen molar-refractivity contribution in [1.82, 2.24) is 14.1 Å². The Bertz CT molecular complexity index is 519. The van der Waals surface area contributed by atoms with Gasteiger partial charge in [-0.2, -0.15) is 0 Å². The highest BCUT2D eigenvalue weighted by molar-refractivity contribution is 9.10. The maximum absolute atomic E-state index is 11.1. The van der Waals surface area contributed by atoms with Crippen LogP contribution in [0, 0.1) is 0 Å². The van der Waals surface area contributed by atoms with Crippen molar-refractivity contribution in [3.63, 3.8) is 0 Å². The van der Waals surface area contributed by atoms with Crippen molar-refractivity contribution in [3.8, 4) is 0 Å². The molecule has 6 heteroatoms. The Labute approximate surface area is 107 Å². The van der Waals surface area contributed by atoms with Gasteiger partial charge in [-0.1, -0.05) is 0 Å². The Kier molecular flexibility index (Phi) is 3.33. The number of carboxylic acid groups (broad SMARTS) is 1. The molecule has 0 saturated heterocycles. The summed E-state index contributed by atoms with van der Waals surface area (Å²) in [6, 6.07) is 1.65. The molecule has 0 aliphatic carbocycles. The lowest BCUT2D eigenvalue weighted by atomic mass is 10.3. The number of imidazole rings is 1. The molecule has 2 aromatic heterocycles. The van der Waals surface area contributed by atoms with E-state index in [0.717, 1.165) is 4.47 Å². The normalized spacial score (nSPS) is 12.6. The minimum atomic E-state index is -0.923. The Morgan fingerprint density at radius 2 is 2.41 bits per heavy atom. The average molecular weight is 298 g/mol. The lowest BCUT2D eigenvalue weighted by Gasteiger charge is -2.16. The topological polar surface area (TPSA) is 60.0 Å². The molecular weight excluding hydrogens is 286 g/mol. The fourth-order valence-electron chi connectivity index (χ4n) is 1.77. The van der Waals surface area contributed by atoms with Gasteiger partial charge in [0.2, 0.25) is 0 Å². The van der Waals surface area contributed by atoms with E-state index >= 15 is 0 Å². The summed E-state index contributed by atoms with van der Waals surface area (Å²) in [5, 5.41) is 9.09. The Morgan fingerprint density at radius 3 is 3.00 bits per heavy atom. The number of nitrogens with zero attached hydrogens (tertiary/aromatic N) is 3. The number of hydrogen-bond acceptors (Lipinski definition) is 2. The van der Waals surface area contributed by atoms with Crippen molar-refractivity contribution in [2.75, 3.05) is 0 Å². The van der Waals surface area contributed by atoms with Crippen LogP contribution in [0.3, 0.4) is 0 Å². The number of aromatic carboxylic acids is 1. The van der Waals surface area contributed by atoms with E-state index in [-0.39, 0.29) is 11.7 Å². The van der Waals surface area contributed by atoms with Gasteiger partial charge in [0.1, 0.15) is 5.69 Å². The van der Waals surface area contributed by atoms with Crippen molar-refractivity contribution in [1.29, 1.82) is 0 Å². The van der Waals surface area contributed by atoms with E-state index in [9.17, 15) is 4.79 Å². The van der Waals surface area contributed by atoms with E-state index in [2.05, 4.69) is 20.9 Å². The predicted octanol–water partition coefficient (Wildman–Crippen LogP) is 2.41. The molecule has 5 nitrogen and oxygen atoms in total. The smallest absolute Gasteiger partial charge is 0.352 e. The number of rotatable bonds is 4. The Balaban J connectivity index is 2.24. The molecule has 1 unspecified atom stereocenters. The summed E-state index contributed by atoms with van der Waals surface area (Å²) < 4.78 is 4.43. The quantitative estimate of drug-likeness (QED) is 0.943. The molecule has 0 aliphatic rings. The van der Waals surface area contributed by atoms with Crippen LogP contribution in [-0.4, -0.2) is 25.2 Å². The zero-order valence-electron chi connectivity index (χ0n) is 9.25. The molecule has 0 saturated carbocycles. The zero-order valence-corrected chi connectivity index (χ0v) is 10.8. The van der Waals surface area contributed by atoms with E-state index in [1.165, 1.54) is 0 Å². The molecule has 1 atom stereocenters. The molecule has 2 aromatic rings. The van der Waals surface area contributed by atoms with Crippen LogP contribution in [-0.2, 0) is 6.54 Å². The number of hydrogen-bond donors (Lipinski definition) is 1. The van der Waals surface area contributed by atoms with Gasteiger partial charge in [-0.3, -0.25) is 0 Å². The maximum atomic E-state index is 11.1. The first-order valence-corrected chi connectivity index (χ1v) is 5.93. The summed E-state index contributed by atoms with van der Waals surface area (Å²) in [5.74, 6) is -0.923. The van der Waals surface area contributed by atoms with Crippen LogP contribution in [0.1, 0.15) is 23.5 Å². The van der Waals surface area contributed by atoms with Crippen LogP contribution < -0.4 is 0 Å². The molecule has 2 rings (SSSR count). The van der Waals surface area contributed by atoms with Gasteiger partial charge in [-0.05, 0) is 28.9 Å². The number of aromatic nitrogens is 3. The van der Waals surface area contributed by atoms with Crippen LogP contribution in [0.4, 0.5) is 0 Å². The fraction of sp³-hybridized carbons (Fsp3) is 0.273. The molecule has 0 amide bonds. The van der Waals surface area contributed by atoms with Crippen molar-refractivity contribution in [2.24, 2.45) is 0 Å². The highest BCUT2D eigenvalue weighted by Crippen LogP contribution is 2.20. The molecule has 0 bridgehead atoms. The molecule has 17 heavy (non-hydrogen) atoms. The second-order valence-corrected chi connectivity index (χ2v) is 4.78. The summed E-state index contributed by atoms with van der Waals surface area (Å²) >= 11 is 3.29. The van der Waals surface area contributed by atoms with Gasteiger partial charge in [0.15, 0.2) is 0 Å². The maximum Gasteiger partial charge on any atom is 0.352 e. The molecule has 2 heterocycles. The van der Waals surface area contributed by atoms with Crippen molar-refractivity contribution in [3.05, 3.63) is 41.2 Å². The van der Waals surface area contributed by atoms with Crippen LogP contribution in [0.25, 0.3) is 0 Å². The number of halogens is 1. The van der Waals surface area contributed by atoms with Gasteiger partial charge in [0.25, 0.3) is 0 Å². The molecule has 0 fully saturated rings. The SMILES string of the molecule is CC(Cn1ccnc1)n1cc(Br)cc1C(=O)O. The third-order valence-electron chi connectivity index (χ3n) is 2.54. The summed E-state index contributed by atoms with van der Waals surface area (Å²) in [6.45, 7) is 2.65. The lowest BCUT2D eigenvalue weighted by molar-refractivity contribution is 0.0682. The molecule has 0 aliphatic heterocycles. The fourth-order valence-corrected chi connectivity index (χ4v) is 2.21. The predicted molar refractivity (Wildman–Crippen MR) is 66.0 cm³/mol.